The predicted molar refractivity (Wildman–Crippen MR) is 66.0 cm³/mol. The summed E-state index contributed by atoms with van der Waals surface area (Å²) in [6.45, 7) is 0. The molecule has 0 aliphatic rings. The van der Waals surface area contributed by atoms with Gasteiger partial charge in [0, 0.05) is 10.6 Å². The zero-order chi connectivity index (χ0) is 12.4. The molecule has 0 aliphatic carbocycles. The Morgan fingerprint density at radius 2 is 1.82 bits per heavy atom. The second-order valence-electron chi connectivity index (χ2n) is 3.53. The van der Waals surface area contributed by atoms with E-state index in [-0.39, 0.29) is 11.3 Å². The Morgan fingerprint density at radius 3 is 2.41 bits per heavy atom. The molecule has 0 aliphatic heterocycles. The van der Waals surface area contributed by atoms with Gasteiger partial charge in [0.1, 0.15) is 11.9 Å². The number of hydrogen-bond donors (Lipinski definition) is 1. The highest BCUT2D eigenvalue weighted by Crippen LogP contribution is 2.30. The molecule has 0 unspecified atom stereocenters. The molecule has 2 rings (SSSR count). The van der Waals surface area contributed by atoms with Gasteiger partial charge in [-0.2, -0.15) is 5.26 Å². The third-order valence-corrected chi connectivity index (χ3v) is 2.67. The van der Waals surface area contributed by atoms with E-state index < -0.39 is 5.82 Å². The fourth-order valence-corrected chi connectivity index (χ4v) is 1.70. The molecular weight excluding hydrogens is 239 g/mol. The number of nitriles is 1. The van der Waals surface area contributed by atoms with Crippen LogP contribution in [0.25, 0.3) is 11.1 Å². The third-order valence-electron chi connectivity index (χ3n) is 2.42. The minimum absolute atomic E-state index is 0.134. The van der Waals surface area contributed by atoms with Crippen LogP contribution in [0.3, 0.4) is 0 Å². The van der Waals surface area contributed by atoms with Crippen LogP contribution in [0.2, 0.25) is 5.02 Å². The first-order valence-electron chi connectivity index (χ1n) is 4.87. The van der Waals surface area contributed by atoms with Gasteiger partial charge in [-0.25, -0.2) is 4.39 Å². The van der Waals surface area contributed by atoms with E-state index in [1.807, 2.05) is 6.07 Å². The first-order chi connectivity index (χ1) is 8.11. The molecule has 0 heterocycles. The highest BCUT2D eigenvalue weighted by molar-refractivity contribution is 6.30. The van der Waals surface area contributed by atoms with E-state index in [2.05, 4.69) is 0 Å². The van der Waals surface area contributed by atoms with Crippen molar-refractivity contribution >= 4 is 17.3 Å². The van der Waals surface area contributed by atoms with Gasteiger partial charge in [-0.05, 0) is 29.8 Å². The summed E-state index contributed by atoms with van der Waals surface area (Å²) >= 11 is 5.77. The van der Waals surface area contributed by atoms with Crippen LogP contribution in [-0.4, -0.2) is 0 Å². The van der Waals surface area contributed by atoms with Crippen molar-refractivity contribution in [3.63, 3.8) is 0 Å². The lowest BCUT2D eigenvalue weighted by Gasteiger charge is -2.07. The van der Waals surface area contributed by atoms with E-state index in [1.165, 1.54) is 6.07 Å². The van der Waals surface area contributed by atoms with Crippen LogP contribution in [-0.2, 0) is 0 Å². The maximum atomic E-state index is 13.3. The number of hydrogen-bond acceptors (Lipinski definition) is 2. The predicted octanol–water partition coefficient (Wildman–Crippen LogP) is 3.60. The summed E-state index contributed by atoms with van der Waals surface area (Å²) in [6, 6.07) is 11.1. The van der Waals surface area contributed by atoms with E-state index in [1.54, 1.807) is 24.3 Å². The number of nitrogens with two attached hydrogens (primary N) is 1. The smallest absolute Gasteiger partial charge is 0.125 e. The van der Waals surface area contributed by atoms with Crippen molar-refractivity contribution in [3.05, 3.63) is 52.8 Å². The maximum Gasteiger partial charge on any atom is 0.125 e. The zero-order valence-electron chi connectivity index (χ0n) is 8.74. The Bertz CT molecular complexity index is 600. The molecule has 0 saturated carbocycles. The lowest BCUT2D eigenvalue weighted by atomic mass is 10.0. The summed E-state index contributed by atoms with van der Waals surface area (Å²) in [6.07, 6.45) is 0. The Morgan fingerprint density at radius 1 is 1.18 bits per heavy atom. The Hall–Kier alpha value is -2.05. The van der Waals surface area contributed by atoms with E-state index in [4.69, 9.17) is 22.6 Å². The Balaban J connectivity index is 2.63. The van der Waals surface area contributed by atoms with Crippen molar-refractivity contribution in [3.8, 4) is 17.2 Å². The summed E-state index contributed by atoms with van der Waals surface area (Å²) in [5.74, 6) is -0.485. The highest BCUT2D eigenvalue weighted by atomic mass is 35.5. The summed E-state index contributed by atoms with van der Waals surface area (Å²) in [5, 5.41) is 9.43. The number of anilines is 1. The summed E-state index contributed by atoms with van der Waals surface area (Å²) in [7, 11) is 0. The zero-order valence-corrected chi connectivity index (χ0v) is 9.50. The Labute approximate surface area is 103 Å². The molecule has 2 nitrogen and oxygen atoms in total. The molecule has 0 saturated heterocycles. The average molecular weight is 247 g/mol. The normalized spacial score (nSPS) is 9.94. The number of rotatable bonds is 1. The van der Waals surface area contributed by atoms with Gasteiger partial charge >= 0.3 is 0 Å². The van der Waals surface area contributed by atoms with Crippen molar-refractivity contribution in [2.75, 3.05) is 5.73 Å². The van der Waals surface area contributed by atoms with Crippen LogP contribution in [0.1, 0.15) is 5.56 Å². The van der Waals surface area contributed by atoms with Gasteiger partial charge in [0.25, 0.3) is 0 Å². The molecule has 0 aromatic heterocycles. The highest BCUT2D eigenvalue weighted by Gasteiger charge is 2.09. The summed E-state index contributed by atoms with van der Waals surface area (Å²) in [4.78, 5) is 0. The molecule has 2 N–H and O–H groups in total. The van der Waals surface area contributed by atoms with Gasteiger partial charge in [-0.15, -0.1) is 0 Å². The molecule has 0 radical (unpaired) electrons. The van der Waals surface area contributed by atoms with Gasteiger partial charge in [0.05, 0.1) is 11.3 Å². The largest absolute Gasteiger partial charge is 0.397 e. The molecule has 0 amide bonds. The monoisotopic (exact) mass is 246 g/mol. The topological polar surface area (TPSA) is 49.8 Å². The number of nitrogens with zero attached hydrogens (tertiary/aromatic N) is 1. The van der Waals surface area contributed by atoms with Crippen LogP contribution in [0.4, 0.5) is 10.1 Å². The SMILES string of the molecule is N#Cc1cc(F)cc(-c2ccc(Cl)cc2)c1N. The average Bonchev–Trinajstić information content (AvgIpc) is 2.33. The van der Waals surface area contributed by atoms with Crippen LogP contribution >= 0.6 is 11.6 Å². The molecule has 0 spiro atoms. The molecular formula is C13H8ClFN2. The lowest BCUT2D eigenvalue weighted by Crippen LogP contribution is -1.96. The minimum atomic E-state index is -0.485. The summed E-state index contributed by atoms with van der Waals surface area (Å²) in [5.41, 5.74) is 7.44. The molecule has 0 atom stereocenters. The van der Waals surface area contributed by atoms with E-state index >= 15 is 0 Å². The number of nitrogen functional groups attached to an aromatic ring is 1. The van der Waals surface area contributed by atoms with Gasteiger partial charge in [-0.3, -0.25) is 0 Å². The van der Waals surface area contributed by atoms with Crippen molar-refractivity contribution in [2.24, 2.45) is 0 Å². The summed E-state index contributed by atoms with van der Waals surface area (Å²) < 4.78 is 13.3. The first kappa shape index (κ1) is 11.4. The van der Waals surface area contributed by atoms with Crippen molar-refractivity contribution < 1.29 is 4.39 Å². The molecule has 0 fully saturated rings. The lowest BCUT2D eigenvalue weighted by molar-refractivity contribution is 0.628. The molecule has 4 heteroatoms. The van der Waals surface area contributed by atoms with Crippen molar-refractivity contribution in [1.82, 2.24) is 0 Å². The second kappa shape index (κ2) is 4.44. The van der Waals surface area contributed by atoms with Gasteiger partial charge in [0.15, 0.2) is 0 Å². The number of halogens is 2. The number of benzene rings is 2. The van der Waals surface area contributed by atoms with Gasteiger partial charge in [0.2, 0.25) is 0 Å². The van der Waals surface area contributed by atoms with Crippen LogP contribution in [0, 0.1) is 17.1 Å². The molecule has 84 valence electrons. The van der Waals surface area contributed by atoms with Crippen molar-refractivity contribution in [1.29, 1.82) is 5.26 Å². The van der Waals surface area contributed by atoms with Crippen LogP contribution in [0.5, 0.6) is 0 Å². The van der Waals surface area contributed by atoms with Crippen LogP contribution < -0.4 is 5.73 Å². The van der Waals surface area contributed by atoms with Crippen LogP contribution in [0.15, 0.2) is 36.4 Å². The van der Waals surface area contributed by atoms with E-state index in [9.17, 15) is 4.39 Å². The minimum Gasteiger partial charge on any atom is -0.397 e. The first-order valence-corrected chi connectivity index (χ1v) is 5.24. The third kappa shape index (κ3) is 2.22. The Kier molecular flexibility index (Phi) is 2.99. The van der Waals surface area contributed by atoms with Gasteiger partial charge in [-0.1, -0.05) is 23.7 Å². The quantitative estimate of drug-likeness (QED) is 0.782. The fraction of sp³-hybridized carbons (Fsp3) is 0. The molecule has 0 bridgehead atoms. The molecule has 2 aromatic carbocycles. The van der Waals surface area contributed by atoms with Crippen molar-refractivity contribution in [2.45, 2.75) is 0 Å². The molecule has 2 aromatic rings. The fourth-order valence-electron chi connectivity index (χ4n) is 1.58. The van der Waals surface area contributed by atoms with E-state index in [0.29, 0.717) is 10.6 Å². The van der Waals surface area contributed by atoms with Gasteiger partial charge < -0.3 is 5.73 Å². The standard InChI is InChI=1S/C13H8ClFN2/c14-10-3-1-8(2-4-10)12-6-11(15)5-9(7-16)13(12)17/h1-6H,17H2. The second-order valence-corrected chi connectivity index (χ2v) is 3.97. The molecule has 17 heavy (non-hydrogen) atoms. The van der Waals surface area contributed by atoms with E-state index in [0.717, 1.165) is 11.6 Å². The maximum absolute atomic E-state index is 13.3.